The van der Waals surface area contributed by atoms with Crippen molar-refractivity contribution < 1.29 is 14.0 Å². The highest BCUT2D eigenvalue weighted by atomic mass is 16.3. The van der Waals surface area contributed by atoms with Gasteiger partial charge in [0.05, 0.1) is 12.1 Å². The summed E-state index contributed by atoms with van der Waals surface area (Å²) in [4.78, 5) is 24.0. The molecule has 7 nitrogen and oxygen atoms in total. The van der Waals surface area contributed by atoms with Gasteiger partial charge in [-0.15, -0.1) is 0 Å². The normalized spacial score (nSPS) is 12.0. The Bertz CT molecular complexity index is 705. The summed E-state index contributed by atoms with van der Waals surface area (Å²) in [6.07, 6.45) is 4.27. The molecule has 0 aromatic carbocycles. The number of aryl methyl sites for hydroxylation is 3. The number of rotatable bonds is 9. The lowest BCUT2D eigenvalue weighted by Crippen LogP contribution is -2.37. The third kappa shape index (κ3) is 5.48. The Labute approximate surface area is 147 Å². The van der Waals surface area contributed by atoms with Crippen LogP contribution in [0.25, 0.3) is 0 Å². The molecule has 0 saturated carbocycles. The van der Waals surface area contributed by atoms with Gasteiger partial charge < -0.3 is 15.1 Å². The number of hydrogen-bond acceptors (Lipinski definition) is 4. The summed E-state index contributed by atoms with van der Waals surface area (Å²) in [6, 6.07) is 3.43. The Balaban J connectivity index is 1.65. The number of aromatic amines is 1. The Morgan fingerprint density at radius 2 is 2.12 bits per heavy atom. The monoisotopic (exact) mass is 346 g/mol. The van der Waals surface area contributed by atoms with Gasteiger partial charge in [-0.05, 0) is 37.5 Å². The second-order valence-electron chi connectivity index (χ2n) is 6.15. The molecule has 0 spiro atoms. The molecular formula is C18H26N4O3. The maximum atomic E-state index is 12.1. The number of carbonyl (C=O) groups excluding carboxylic acids is 2. The highest BCUT2D eigenvalue weighted by Gasteiger charge is 2.16. The van der Waals surface area contributed by atoms with Crippen molar-refractivity contribution in [3.63, 3.8) is 0 Å². The quantitative estimate of drug-likeness (QED) is 0.605. The van der Waals surface area contributed by atoms with E-state index in [2.05, 4.69) is 20.8 Å². The standard InChI is InChI=1S/C18H26N4O3/c1-4-15-7-8-16(25-15)18(24)20-10-12(2)17(23)19-9-5-6-14-11-21-22-13(14)3/h7-8,11-12H,4-6,9-10H2,1-3H3,(H,19,23)(H,20,24)(H,21,22)/t12-/m0/s1. The molecule has 0 aliphatic heterocycles. The number of aromatic nitrogens is 2. The van der Waals surface area contributed by atoms with Crippen LogP contribution in [0.3, 0.4) is 0 Å². The number of H-pyrrole nitrogens is 1. The minimum Gasteiger partial charge on any atom is -0.456 e. The third-order valence-electron chi connectivity index (χ3n) is 4.11. The molecule has 0 aliphatic carbocycles. The van der Waals surface area contributed by atoms with Crippen molar-refractivity contribution in [3.05, 3.63) is 41.1 Å². The van der Waals surface area contributed by atoms with Gasteiger partial charge in [0.25, 0.3) is 5.91 Å². The van der Waals surface area contributed by atoms with Gasteiger partial charge in [0.1, 0.15) is 5.76 Å². The maximum Gasteiger partial charge on any atom is 0.287 e. The minimum absolute atomic E-state index is 0.0714. The Hall–Kier alpha value is -2.57. The van der Waals surface area contributed by atoms with E-state index in [4.69, 9.17) is 4.42 Å². The Morgan fingerprint density at radius 1 is 1.32 bits per heavy atom. The van der Waals surface area contributed by atoms with E-state index < -0.39 is 0 Å². The van der Waals surface area contributed by atoms with Crippen molar-refractivity contribution in [2.45, 2.75) is 40.0 Å². The van der Waals surface area contributed by atoms with Gasteiger partial charge in [0.2, 0.25) is 5.91 Å². The first-order valence-electron chi connectivity index (χ1n) is 8.64. The van der Waals surface area contributed by atoms with Crippen LogP contribution >= 0.6 is 0 Å². The zero-order chi connectivity index (χ0) is 18.2. The highest BCUT2D eigenvalue weighted by Crippen LogP contribution is 2.08. The van der Waals surface area contributed by atoms with E-state index in [0.29, 0.717) is 6.54 Å². The summed E-state index contributed by atoms with van der Waals surface area (Å²) in [5.74, 6) is 0.372. The molecule has 0 aliphatic rings. The number of hydrogen-bond donors (Lipinski definition) is 3. The summed E-state index contributed by atoms with van der Waals surface area (Å²) < 4.78 is 5.39. The Kier molecular flexibility index (Phi) is 6.80. The van der Waals surface area contributed by atoms with Gasteiger partial charge in [-0.25, -0.2) is 0 Å². The predicted molar refractivity (Wildman–Crippen MR) is 94.2 cm³/mol. The molecule has 25 heavy (non-hydrogen) atoms. The number of furan rings is 1. The van der Waals surface area contributed by atoms with Crippen LogP contribution in [0.1, 0.15) is 47.8 Å². The van der Waals surface area contributed by atoms with E-state index in [1.165, 1.54) is 5.56 Å². The van der Waals surface area contributed by atoms with E-state index in [-0.39, 0.29) is 30.0 Å². The molecule has 0 saturated heterocycles. The van der Waals surface area contributed by atoms with E-state index >= 15 is 0 Å². The summed E-state index contributed by atoms with van der Waals surface area (Å²) >= 11 is 0. The van der Waals surface area contributed by atoms with Crippen molar-refractivity contribution in [1.29, 1.82) is 0 Å². The van der Waals surface area contributed by atoms with Crippen molar-refractivity contribution >= 4 is 11.8 Å². The van der Waals surface area contributed by atoms with Gasteiger partial charge in [0.15, 0.2) is 5.76 Å². The molecule has 0 unspecified atom stereocenters. The van der Waals surface area contributed by atoms with Crippen LogP contribution in [0.4, 0.5) is 0 Å². The molecule has 0 fully saturated rings. The van der Waals surface area contributed by atoms with Crippen molar-refractivity contribution in [1.82, 2.24) is 20.8 Å². The van der Waals surface area contributed by atoms with Crippen LogP contribution in [-0.4, -0.2) is 35.1 Å². The molecule has 7 heteroatoms. The van der Waals surface area contributed by atoms with E-state index in [1.54, 1.807) is 19.1 Å². The molecule has 0 bridgehead atoms. The molecule has 2 aromatic heterocycles. The van der Waals surface area contributed by atoms with Crippen LogP contribution in [0.15, 0.2) is 22.7 Å². The molecule has 136 valence electrons. The fourth-order valence-corrected chi connectivity index (χ4v) is 2.41. The van der Waals surface area contributed by atoms with Crippen molar-refractivity contribution in [3.8, 4) is 0 Å². The van der Waals surface area contributed by atoms with E-state index in [9.17, 15) is 9.59 Å². The molecule has 2 amide bonds. The fraction of sp³-hybridized carbons (Fsp3) is 0.500. The lowest BCUT2D eigenvalue weighted by molar-refractivity contribution is -0.124. The zero-order valence-corrected chi connectivity index (χ0v) is 15.0. The van der Waals surface area contributed by atoms with Gasteiger partial charge in [-0.3, -0.25) is 14.7 Å². The second-order valence-corrected chi connectivity index (χ2v) is 6.15. The van der Waals surface area contributed by atoms with Crippen LogP contribution in [0.2, 0.25) is 0 Å². The van der Waals surface area contributed by atoms with Crippen LogP contribution < -0.4 is 10.6 Å². The molecule has 2 heterocycles. The molecule has 0 radical (unpaired) electrons. The SMILES string of the molecule is CCc1ccc(C(=O)NC[C@H](C)C(=O)NCCCc2cn[nH]c2C)o1. The molecule has 3 N–H and O–H groups in total. The molecule has 2 rings (SSSR count). The van der Waals surface area contributed by atoms with E-state index in [0.717, 1.165) is 30.7 Å². The fourth-order valence-electron chi connectivity index (χ4n) is 2.41. The zero-order valence-electron chi connectivity index (χ0n) is 15.0. The van der Waals surface area contributed by atoms with Gasteiger partial charge >= 0.3 is 0 Å². The first-order valence-corrected chi connectivity index (χ1v) is 8.64. The second kappa shape index (κ2) is 9.05. The largest absolute Gasteiger partial charge is 0.456 e. The predicted octanol–water partition coefficient (Wildman–Crippen LogP) is 1.99. The third-order valence-corrected chi connectivity index (χ3v) is 4.11. The summed E-state index contributed by atoms with van der Waals surface area (Å²) in [7, 11) is 0. The van der Waals surface area contributed by atoms with Crippen LogP contribution in [-0.2, 0) is 17.6 Å². The summed E-state index contributed by atoms with van der Waals surface area (Å²) in [5, 5.41) is 12.5. The molecule has 2 aromatic rings. The highest BCUT2D eigenvalue weighted by molar-refractivity contribution is 5.91. The average molecular weight is 346 g/mol. The molecule has 1 atom stereocenters. The van der Waals surface area contributed by atoms with Gasteiger partial charge in [-0.2, -0.15) is 5.10 Å². The smallest absolute Gasteiger partial charge is 0.287 e. The lowest BCUT2D eigenvalue weighted by Gasteiger charge is -2.12. The van der Waals surface area contributed by atoms with Crippen molar-refractivity contribution in [2.24, 2.45) is 5.92 Å². The van der Waals surface area contributed by atoms with Gasteiger partial charge in [0, 0.05) is 25.2 Å². The minimum atomic E-state index is -0.305. The van der Waals surface area contributed by atoms with Crippen LogP contribution in [0.5, 0.6) is 0 Å². The average Bonchev–Trinajstić information content (AvgIpc) is 3.25. The molecular weight excluding hydrogens is 320 g/mol. The van der Waals surface area contributed by atoms with E-state index in [1.807, 2.05) is 20.0 Å². The topological polar surface area (TPSA) is 100 Å². The Morgan fingerprint density at radius 3 is 2.76 bits per heavy atom. The number of nitrogens with one attached hydrogen (secondary N) is 3. The van der Waals surface area contributed by atoms with Crippen LogP contribution in [0, 0.1) is 12.8 Å². The number of carbonyl (C=O) groups is 2. The van der Waals surface area contributed by atoms with Gasteiger partial charge in [-0.1, -0.05) is 13.8 Å². The summed E-state index contributed by atoms with van der Waals surface area (Å²) in [6.45, 7) is 6.60. The first kappa shape index (κ1) is 18.8. The number of nitrogens with zero attached hydrogens (tertiary/aromatic N) is 1. The first-order chi connectivity index (χ1) is 12.0. The maximum absolute atomic E-state index is 12.1. The summed E-state index contributed by atoms with van der Waals surface area (Å²) in [5.41, 5.74) is 2.23. The number of amides is 2. The lowest BCUT2D eigenvalue weighted by atomic mass is 10.1. The van der Waals surface area contributed by atoms with Crippen molar-refractivity contribution in [2.75, 3.05) is 13.1 Å².